The van der Waals surface area contributed by atoms with Crippen LogP contribution in [0, 0.1) is 0 Å². The van der Waals surface area contributed by atoms with Crippen LogP contribution in [0.15, 0.2) is 12.2 Å². The lowest BCUT2D eigenvalue weighted by Crippen LogP contribution is -2.36. The van der Waals surface area contributed by atoms with Crippen molar-refractivity contribution in [3.8, 4) is 0 Å². The second kappa shape index (κ2) is 4.55. The first-order valence-electron chi connectivity index (χ1n) is 4.77. The topological polar surface area (TPSA) is 3.24 Å². The third-order valence-corrected chi connectivity index (χ3v) is 2.55. The smallest absolute Gasteiger partial charge is 0.0166 e. The molecule has 11 heavy (non-hydrogen) atoms. The fourth-order valence-electron chi connectivity index (χ4n) is 1.80. The predicted molar refractivity (Wildman–Crippen MR) is 49.7 cm³/mol. The zero-order valence-electron chi connectivity index (χ0n) is 7.71. The normalized spacial score (nSPS) is 19.5. The van der Waals surface area contributed by atoms with Crippen LogP contribution in [0.2, 0.25) is 0 Å². The summed E-state index contributed by atoms with van der Waals surface area (Å²) in [5.41, 5.74) is 0. The van der Waals surface area contributed by atoms with Crippen molar-refractivity contribution < 1.29 is 0 Å². The Morgan fingerprint density at radius 2 is 2.00 bits per heavy atom. The van der Waals surface area contributed by atoms with Crippen molar-refractivity contribution in [2.75, 3.05) is 13.1 Å². The molecule has 0 N–H and O–H groups in total. The van der Waals surface area contributed by atoms with Gasteiger partial charge in [0.2, 0.25) is 0 Å². The number of hydrogen-bond donors (Lipinski definition) is 0. The summed E-state index contributed by atoms with van der Waals surface area (Å²) in [5, 5.41) is 0. The Labute approximate surface area is 70.1 Å². The number of rotatable bonds is 3. The van der Waals surface area contributed by atoms with Gasteiger partial charge in [0.15, 0.2) is 0 Å². The molecule has 0 spiro atoms. The fourth-order valence-corrected chi connectivity index (χ4v) is 1.80. The van der Waals surface area contributed by atoms with Crippen LogP contribution in [-0.4, -0.2) is 24.0 Å². The van der Waals surface area contributed by atoms with Gasteiger partial charge >= 0.3 is 0 Å². The van der Waals surface area contributed by atoms with E-state index in [0.717, 1.165) is 6.04 Å². The Bertz CT molecular complexity index is 125. The molecular formula is C10H19N. The van der Waals surface area contributed by atoms with Crippen LogP contribution in [0.1, 0.15) is 33.1 Å². The first-order valence-corrected chi connectivity index (χ1v) is 4.77. The molecule has 1 nitrogen and oxygen atoms in total. The molecule has 0 aromatic carbocycles. The first kappa shape index (κ1) is 8.79. The van der Waals surface area contributed by atoms with Crippen LogP contribution < -0.4 is 0 Å². The van der Waals surface area contributed by atoms with Gasteiger partial charge in [0.05, 0.1) is 0 Å². The monoisotopic (exact) mass is 153 g/mol. The maximum absolute atomic E-state index is 2.58. The van der Waals surface area contributed by atoms with Crippen LogP contribution in [0.3, 0.4) is 0 Å². The summed E-state index contributed by atoms with van der Waals surface area (Å²) in [6.07, 6.45) is 8.42. The summed E-state index contributed by atoms with van der Waals surface area (Å²) in [7, 11) is 0. The Balaban J connectivity index is 2.38. The minimum absolute atomic E-state index is 0.819. The second-order valence-corrected chi connectivity index (χ2v) is 3.23. The van der Waals surface area contributed by atoms with Gasteiger partial charge in [-0.3, -0.25) is 4.90 Å². The molecule has 64 valence electrons. The van der Waals surface area contributed by atoms with Crippen LogP contribution in [-0.2, 0) is 0 Å². The molecule has 0 bridgehead atoms. The van der Waals surface area contributed by atoms with Crippen molar-refractivity contribution in [1.29, 1.82) is 0 Å². The molecule has 1 aliphatic rings. The highest BCUT2D eigenvalue weighted by molar-refractivity contribution is 4.92. The molecule has 0 unspecified atom stereocenters. The quantitative estimate of drug-likeness (QED) is 0.563. The zero-order chi connectivity index (χ0) is 8.10. The van der Waals surface area contributed by atoms with E-state index in [1.807, 2.05) is 0 Å². The van der Waals surface area contributed by atoms with Crippen molar-refractivity contribution in [3.63, 3.8) is 0 Å². The van der Waals surface area contributed by atoms with Crippen molar-refractivity contribution in [2.24, 2.45) is 0 Å². The Morgan fingerprint density at radius 3 is 2.45 bits per heavy atom. The van der Waals surface area contributed by atoms with Crippen molar-refractivity contribution in [1.82, 2.24) is 4.90 Å². The molecule has 0 amide bonds. The molecule has 0 aromatic rings. The highest BCUT2D eigenvalue weighted by atomic mass is 15.1. The molecule has 0 aliphatic carbocycles. The van der Waals surface area contributed by atoms with E-state index < -0.39 is 0 Å². The number of nitrogens with zero attached hydrogens (tertiary/aromatic N) is 1. The van der Waals surface area contributed by atoms with Gasteiger partial charge in [-0.05, 0) is 19.3 Å². The molecule has 0 atom stereocenters. The number of hydrogen-bond acceptors (Lipinski definition) is 1. The van der Waals surface area contributed by atoms with Gasteiger partial charge in [-0.25, -0.2) is 0 Å². The van der Waals surface area contributed by atoms with E-state index in [0.29, 0.717) is 0 Å². The van der Waals surface area contributed by atoms with Gasteiger partial charge in [-0.1, -0.05) is 26.0 Å². The summed E-state index contributed by atoms with van der Waals surface area (Å²) < 4.78 is 0. The Hall–Kier alpha value is -0.300. The molecule has 0 fully saturated rings. The van der Waals surface area contributed by atoms with E-state index in [-0.39, 0.29) is 0 Å². The maximum Gasteiger partial charge on any atom is 0.0166 e. The van der Waals surface area contributed by atoms with Crippen LogP contribution in [0.5, 0.6) is 0 Å². The van der Waals surface area contributed by atoms with Crippen LogP contribution in [0.25, 0.3) is 0 Å². The molecule has 1 heterocycles. The van der Waals surface area contributed by atoms with E-state index in [1.165, 1.54) is 32.4 Å². The fraction of sp³-hybridized carbons (Fsp3) is 0.800. The van der Waals surface area contributed by atoms with Gasteiger partial charge in [-0.15, -0.1) is 0 Å². The van der Waals surface area contributed by atoms with Crippen LogP contribution >= 0.6 is 0 Å². The minimum Gasteiger partial charge on any atom is -0.296 e. The van der Waals surface area contributed by atoms with E-state index in [4.69, 9.17) is 0 Å². The molecule has 0 aromatic heterocycles. The molecule has 1 heteroatoms. The highest BCUT2D eigenvalue weighted by Gasteiger charge is 2.13. The van der Waals surface area contributed by atoms with E-state index >= 15 is 0 Å². The van der Waals surface area contributed by atoms with Gasteiger partial charge in [0, 0.05) is 19.1 Å². The lowest BCUT2D eigenvalue weighted by Gasteiger charge is -2.30. The van der Waals surface area contributed by atoms with E-state index in [9.17, 15) is 0 Å². The second-order valence-electron chi connectivity index (χ2n) is 3.23. The summed E-state index contributed by atoms with van der Waals surface area (Å²) in [5.74, 6) is 0. The summed E-state index contributed by atoms with van der Waals surface area (Å²) in [6.45, 7) is 7.01. The molecule has 1 rings (SSSR count). The van der Waals surface area contributed by atoms with E-state index in [2.05, 4.69) is 30.9 Å². The SMILES string of the molecule is CCC(CC)N1CC=CCC1. The van der Waals surface area contributed by atoms with Gasteiger partial charge in [0.1, 0.15) is 0 Å². The third-order valence-electron chi connectivity index (χ3n) is 2.55. The van der Waals surface area contributed by atoms with Gasteiger partial charge in [0.25, 0.3) is 0 Å². The molecule has 1 aliphatic heterocycles. The molecular weight excluding hydrogens is 134 g/mol. The maximum atomic E-state index is 2.58. The first-order chi connectivity index (χ1) is 5.38. The largest absolute Gasteiger partial charge is 0.296 e. The Morgan fingerprint density at radius 1 is 1.27 bits per heavy atom. The highest BCUT2D eigenvalue weighted by Crippen LogP contribution is 2.11. The van der Waals surface area contributed by atoms with Crippen molar-refractivity contribution >= 4 is 0 Å². The average molecular weight is 153 g/mol. The lowest BCUT2D eigenvalue weighted by atomic mass is 10.1. The standard InChI is InChI=1S/C10H19N/c1-3-10(4-2)11-8-6-5-7-9-11/h5-6,10H,3-4,7-9H2,1-2H3. The van der Waals surface area contributed by atoms with Crippen molar-refractivity contribution in [2.45, 2.75) is 39.2 Å². The minimum atomic E-state index is 0.819. The van der Waals surface area contributed by atoms with Gasteiger partial charge < -0.3 is 0 Å². The Kier molecular flexibility index (Phi) is 3.64. The van der Waals surface area contributed by atoms with Gasteiger partial charge in [-0.2, -0.15) is 0 Å². The van der Waals surface area contributed by atoms with Crippen LogP contribution in [0.4, 0.5) is 0 Å². The zero-order valence-corrected chi connectivity index (χ0v) is 7.71. The molecule has 0 radical (unpaired) electrons. The summed E-state index contributed by atoms with van der Waals surface area (Å²) in [4.78, 5) is 2.58. The third kappa shape index (κ3) is 2.33. The summed E-state index contributed by atoms with van der Waals surface area (Å²) in [6, 6.07) is 0.819. The van der Waals surface area contributed by atoms with E-state index in [1.54, 1.807) is 0 Å². The molecule has 0 saturated carbocycles. The van der Waals surface area contributed by atoms with Crippen molar-refractivity contribution in [3.05, 3.63) is 12.2 Å². The average Bonchev–Trinajstić information content (AvgIpc) is 2.09. The lowest BCUT2D eigenvalue weighted by molar-refractivity contribution is 0.203. The predicted octanol–water partition coefficient (Wildman–Crippen LogP) is 2.44. The molecule has 0 saturated heterocycles. The summed E-state index contributed by atoms with van der Waals surface area (Å²) >= 11 is 0.